The molecule has 2 rings (SSSR count). The molecule has 1 saturated heterocycles. The van der Waals surface area contributed by atoms with Gasteiger partial charge < -0.3 is 22.1 Å². The Morgan fingerprint density at radius 1 is 1.19 bits per heavy atom. The van der Waals surface area contributed by atoms with Gasteiger partial charge in [-0.3, -0.25) is 0 Å². The summed E-state index contributed by atoms with van der Waals surface area (Å²) in [6, 6.07) is 0.498. The maximum absolute atomic E-state index is 5.83. The van der Waals surface area contributed by atoms with Crippen LogP contribution in [0.3, 0.4) is 0 Å². The molecular formula is C11H19ClN4. The van der Waals surface area contributed by atoms with Crippen LogP contribution in [0.25, 0.3) is 0 Å². The second kappa shape index (κ2) is 4.97. The minimum absolute atomic E-state index is 0.247. The van der Waals surface area contributed by atoms with Gasteiger partial charge in [0.15, 0.2) is 0 Å². The molecule has 0 amide bonds. The molecule has 0 spiro atoms. The van der Waals surface area contributed by atoms with Gasteiger partial charge in [0.2, 0.25) is 0 Å². The Hall–Kier alpha value is -0.870. The number of nitrogens with one attached hydrogen (secondary N) is 2. The average molecular weight is 243 g/mol. The molecule has 1 aliphatic carbocycles. The third kappa shape index (κ3) is 2.83. The Labute approximate surface area is 101 Å². The second-order valence-electron chi connectivity index (χ2n) is 4.66. The van der Waals surface area contributed by atoms with Crippen LogP contribution in [0.15, 0.2) is 23.1 Å². The highest BCUT2D eigenvalue weighted by Crippen LogP contribution is 2.34. The highest BCUT2D eigenvalue weighted by Gasteiger charge is 2.37. The van der Waals surface area contributed by atoms with E-state index in [4.69, 9.17) is 23.1 Å². The van der Waals surface area contributed by atoms with Crippen LogP contribution >= 0.6 is 11.6 Å². The molecule has 1 saturated carbocycles. The van der Waals surface area contributed by atoms with Crippen molar-refractivity contribution in [1.82, 2.24) is 10.6 Å². The van der Waals surface area contributed by atoms with E-state index in [0.29, 0.717) is 11.9 Å². The van der Waals surface area contributed by atoms with Gasteiger partial charge in [-0.05, 0) is 49.9 Å². The standard InChI is InChI=1S/C11H19ClN4/c12-10(13)1-2-11(14)16-9-3-7-5-15-6-8(7)4-9/h1-2,7-9,15-16H,3-6,13-14H2/b10-1-,11-2+. The fourth-order valence-electron chi connectivity index (χ4n) is 2.74. The maximum Gasteiger partial charge on any atom is 0.0993 e. The van der Waals surface area contributed by atoms with Crippen LogP contribution in [-0.2, 0) is 0 Å². The molecule has 0 aromatic carbocycles. The molecule has 2 unspecified atom stereocenters. The lowest BCUT2D eigenvalue weighted by atomic mass is 10.0. The van der Waals surface area contributed by atoms with Crippen molar-refractivity contribution >= 4 is 11.6 Å². The number of allylic oxidation sites excluding steroid dienone is 2. The van der Waals surface area contributed by atoms with Crippen LogP contribution < -0.4 is 22.1 Å². The minimum atomic E-state index is 0.247. The summed E-state index contributed by atoms with van der Waals surface area (Å²) in [7, 11) is 0. The zero-order valence-electron chi connectivity index (χ0n) is 9.25. The highest BCUT2D eigenvalue weighted by atomic mass is 35.5. The first-order chi connectivity index (χ1) is 7.65. The molecule has 2 fully saturated rings. The molecule has 4 nitrogen and oxygen atoms in total. The van der Waals surface area contributed by atoms with Gasteiger partial charge in [0, 0.05) is 6.04 Å². The summed E-state index contributed by atoms with van der Waals surface area (Å²) in [4.78, 5) is 0. The molecule has 6 N–H and O–H groups in total. The number of nitrogens with two attached hydrogens (primary N) is 2. The Morgan fingerprint density at radius 2 is 1.81 bits per heavy atom. The van der Waals surface area contributed by atoms with E-state index in [9.17, 15) is 0 Å². The van der Waals surface area contributed by atoms with Crippen LogP contribution in [0.2, 0.25) is 0 Å². The summed E-state index contributed by atoms with van der Waals surface area (Å²) in [5, 5.41) is 6.98. The summed E-state index contributed by atoms with van der Waals surface area (Å²) in [6.45, 7) is 2.31. The number of rotatable bonds is 3. The van der Waals surface area contributed by atoms with Crippen molar-refractivity contribution in [3.8, 4) is 0 Å². The molecule has 5 heteroatoms. The topological polar surface area (TPSA) is 76.1 Å². The lowest BCUT2D eigenvalue weighted by Gasteiger charge is -2.14. The molecule has 0 aromatic rings. The van der Waals surface area contributed by atoms with Crippen molar-refractivity contribution in [3.63, 3.8) is 0 Å². The van der Waals surface area contributed by atoms with Crippen molar-refractivity contribution in [1.29, 1.82) is 0 Å². The molecule has 16 heavy (non-hydrogen) atoms. The first-order valence-electron chi connectivity index (χ1n) is 5.71. The number of fused-ring (bicyclic) bond motifs is 1. The molecule has 90 valence electrons. The second-order valence-corrected chi connectivity index (χ2v) is 5.10. The van der Waals surface area contributed by atoms with Gasteiger partial charge >= 0.3 is 0 Å². The van der Waals surface area contributed by atoms with Crippen molar-refractivity contribution in [2.75, 3.05) is 13.1 Å². The van der Waals surface area contributed by atoms with Gasteiger partial charge in [0.25, 0.3) is 0 Å². The van der Waals surface area contributed by atoms with Crippen LogP contribution in [-0.4, -0.2) is 19.1 Å². The van der Waals surface area contributed by atoms with Gasteiger partial charge in [-0.15, -0.1) is 0 Å². The molecule has 1 heterocycles. The summed E-state index contributed by atoms with van der Waals surface area (Å²) in [5.74, 6) is 2.28. The molecule has 0 bridgehead atoms. The molecule has 0 radical (unpaired) electrons. The zero-order chi connectivity index (χ0) is 11.5. The monoisotopic (exact) mass is 242 g/mol. The quantitative estimate of drug-likeness (QED) is 0.427. The predicted molar refractivity (Wildman–Crippen MR) is 66.4 cm³/mol. The van der Waals surface area contributed by atoms with Crippen LogP contribution in [0, 0.1) is 11.8 Å². The fraction of sp³-hybridized carbons (Fsp3) is 0.636. The molecule has 2 aliphatic rings. The Morgan fingerprint density at radius 3 is 2.38 bits per heavy atom. The van der Waals surface area contributed by atoms with Gasteiger partial charge in [-0.25, -0.2) is 0 Å². The van der Waals surface area contributed by atoms with Crippen molar-refractivity contribution < 1.29 is 0 Å². The first kappa shape index (κ1) is 11.6. The average Bonchev–Trinajstić information content (AvgIpc) is 2.74. The fourth-order valence-corrected chi connectivity index (χ4v) is 2.80. The molecule has 0 aromatic heterocycles. The van der Waals surface area contributed by atoms with Gasteiger partial charge in [-0.1, -0.05) is 11.6 Å². The Bertz CT molecular complexity index is 297. The maximum atomic E-state index is 5.83. The highest BCUT2D eigenvalue weighted by molar-refractivity contribution is 6.29. The van der Waals surface area contributed by atoms with E-state index in [-0.39, 0.29) is 5.16 Å². The van der Waals surface area contributed by atoms with Crippen molar-refractivity contribution in [2.45, 2.75) is 18.9 Å². The third-order valence-corrected chi connectivity index (χ3v) is 3.57. The lowest BCUT2D eigenvalue weighted by Crippen LogP contribution is -2.31. The summed E-state index contributed by atoms with van der Waals surface area (Å²) in [5.41, 5.74) is 11.1. The van der Waals surface area contributed by atoms with E-state index < -0.39 is 0 Å². The number of hydrogen-bond donors (Lipinski definition) is 4. The third-order valence-electron chi connectivity index (χ3n) is 3.45. The van der Waals surface area contributed by atoms with E-state index >= 15 is 0 Å². The molecule has 1 aliphatic heterocycles. The van der Waals surface area contributed by atoms with Crippen LogP contribution in [0.4, 0.5) is 0 Å². The Balaban J connectivity index is 1.83. The first-order valence-corrected chi connectivity index (χ1v) is 6.08. The van der Waals surface area contributed by atoms with E-state index in [2.05, 4.69) is 10.6 Å². The Kier molecular flexibility index (Phi) is 3.61. The SMILES string of the molecule is N/C(Cl)=C\C=C(/N)NC1CC2CNCC2C1. The van der Waals surface area contributed by atoms with E-state index in [1.807, 2.05) is 0 Å². The van der Waals surface area contributed by atoms with E-state index in [1.54, 1.807) is 12.2 Å². The van der Waals surface area contributed by atoms with E-state index in [1.165, 1.54) is 12.8 Å². The zero-order valence-corrected chi connectivity index (χ0v) is 10.0. The minimum Gasteiger partial charge on any atom is -0.389 e. The summed E-state index contributed by atoms with van der Waals surface area (Å²) in [6.07, 6.45) is 5.72. The van der Waals surface area contributed by atoms with Crippen molar-refractivity contribution in [3.05, 3.63) is 23.1 Å². The number of hydrogen-bond acceptors (Lipinski definition) is 4. The van der Waals surface area contributed by atoms with Crippen LogP contribution in [0.5, 0.6) is 0 Å². The lowest BCUT2D eigenvalue weighted by molar-refractivity contribution is 0.494. The largest absolute Gasteiger partial charge is 0.389 e. The van der Waals surface area contributed by atoms with Gasteiger partial charge in [0.05, 0.1) is 11.0 Å². The predicted octanol–water partition coefficient (Wildman–Crippen LogP) is 0.413. The normalized spacial score (nSPS) is 35.2. The van der Waals surface area contributed by atoms with Crippen LogP contribution in [0.1, 0.15) is 12.8 Å². The number of halogens is 1. The summed E-state index contributed by atoms with van der Waals surface area (Å²) >= 11 is 5.52. The van der Waals surface area contributed by atoms with Gasteiger partial charge in [0.1, 0.15) is 0 Å². The molecule has 2 atom stereocenters. The van der Waals surface area contributed by atoms with Gasteiger partial charge in [-0.2, -0.15) is 0 Å². The van der Waals surface area contributed by atoms with E-state index in [0.717, 1.165) is 24.9 Å². The molecular weight excluding hydrogens is 224 g/mol. The summed E-state index contributed by atoms with van der Waals surface area (Å²) < 4.78 is 0. The van der Waals surface area contributed by atoms with Crippen molar-refractivity contribution in [2.24, 2.45) is 23.3 Å². The smallest absolute Gasteiger partial charge is 0.0993 e.